The van der Waals surface area contributed by atoms with Crippen LogP contribution in [0.2, 0.25) is 0 Å². The first kappa shape index (κ1) is 37.4. The minimum atomic E-state index is -0.184. The normalized spacial score (nSPS) is 12.4. The molecule has 64 heavy (non-hydrogen) atoms. The molecule has 0 atom stereocenters. The molecule has 12 rings (SSSR count). The minimum Gasteiger partial charge on any atom is -0.458 e. The van der Waals surface area contributed by atoms with Crippen molar-refractivity contribution in [3.8, 4) is 28.6 Å². The van der Waals surface area contributed by atoms with Crippen molar-refractivity contribution in [2.24, 2.45) is 0 Å². The number of hydrogen-bond acceptors (Lipinski definition) is 4. The quantitative estimate of drug-likeness (QED) is 0.0870. The average molecular weight is 825 g/mol. The first-order valence-corrected chi connectivity index (χ1v) is 21.7. The molecule has 3 aromatic heterocycles. The van der Waals surface area contributed by atoms with E-state index in [1.807, 2.05) is 24.4 Å². The van der Waals surface area contributed by atoms with Crippen molar-refractivity contribution >= 4 is 68.2 Å². The molecule has 0 aliphatic carbocycles. The van der Waals surface area contributed by atoms with E-state index in [2.05, 4.69) is 232 Å². The molecule has 0 N–H and O–H groups in total. The Hall–Kier alpha value is -8.36. The van der Waals surface area contributed by atoms with Gasteiger partial charge in [0.1, 0.15) is 17.3 Å². The third-order valence-corrected chi connectivity index (χ3v) is 12.5. The van der Waals surface area contributed by atoms with E-state index in [-0.39, 0.29) is 6.98 Å². The van der Waals surface area contributed by atoms with Crippen LogP contribution in [0, 0.1) is 20.2 Å². The van der Waals surface area contributed by atoms with E-state index in [4.69, 9.17) is 9.72 Å². The van der Waals surface area contributed by atoms with Crippen LogP contribution in [0.1, 0.15) is 11.1 Å². The molecule has 0 unspecified atom stereocenters. The Balaban J connectivity index is 0.968. The Kier molecular flexibility index (Phi) is 8.90. The van der Waals surface area contributed by atoms with Gasteiger partial charge >= 0.3 is 6.98 Å². The number of nitrogens with zero attached hydrogens (tertiary/aromatic N) is 6. The predicted octanol–water partition coefficient (Wildman–Crippen LogP) is 12.3. The zero-order chi connectivity index (χ0) is 42.7. The maximum absolute atomic E-state index is 6.84. The number of imidazole rings is 1. The number of para-hydroxylation sites is 6. The Morgan fingerprint density at radius 3 is 1.97 bits per heavy atom. The summed E-state index contributed by atoms with van der Waals surface area (Å²) in [6.45, 7) is 4.21. The van der Waals surface area contributed by atoms with Crippen LogP contribution >= 0.6 is 0 Å². The maximum Gasteiger partial charge on any atom is 0.422 e. The molecule has 0 spiro atoms. The van der Waals surface area contributed by atoms with Gasteiger partial charge in [-0.05, 0) is 98.2 Å². The molecule has 8 heteroatoms. The fraction of sp³-hybridized carbons (Fsp3) is 0.0357. The molecule has 0 radical (unpaired) electrons. The van der Waals surface area contributed by atoms with Crippen molar-refractivity contribution in [1.82, 2.24) is 14.1 Å². The number of pyridine rings is 1. The Morgan fingerprint density at radius 2 is 1.17 bits per heavy atom. The lowest BCUT2D eigenvalue weighted by Crippen LogP contribution is -2.55. The van der Waals surface area contributed by atoms with Crippen molar-refractivity contribution in [2.75, 3.05) is 9.62 Å². The Morgan fingerprint density at radius 1 is 0.516 bits per heavy atom. The number of benzene rings is 8. The summed E-state index contributed by atoms with van der Waals surface area (Å²) < 4.78 is 13.5. The van der Waals surface area contributed by atoms with Gasteiger partial charge in [0.15, 0.2) is 0 Å². The van der Waals surface area contributed by atoms with Gasteiger partial charge < -0.3 is 18.9 Å². The summed E-state index contributed by atoms with van der Waals surface area (Å²) in [5.74, 6) is 2.30. The van der Waals surface area contributed by atoms with Crippen LogP contribution in [0.4, 0.5) is 22.9 Å². The second-order valence-electron chi connectivity index (χ2n) is 16.3. The molecule has 0 saturated heterocycles. The first-order chi connectivity index (χ1) is 31.6. The van der Waals surface area contributed by atoms with Crippen molar-refractivity contribution in [3.63, 3.8) is 0 Å². The van der Waals surface area contributed by atoms with Gasteiger partial charge in [-0.2, -0.15) is 0 Å². The topological polar surface area (TPSA) is 42.3 Å². The number of ether oxygens (including phenoxy) is 1. The average Bonchev–Trinajstić information content (AvgIpc) is 4.01. The first-order valence-electron chi connectivity index (χ1n) is 21.7. The monoisotopic (exact) mass is 824 g/mol. The molecule has 11 aromatic rings. The molecule has 8 aromatic carbocycles. The van der Waals surface area contributed by atoms with Crippen LogP contribution in [-0.4, -0.2) is 21.1 Å². The van der Waals surface area contributed by atoms with E-state index < -0.39 is 0 Å². The minimum absolute atomic E-state index is 0.184. The third kappa shape index (κ3) is 6.06. The van der Waals surface area contributed by atoms with Gasteiger partial charge in [0.2, 0.25) is 0 Å². The number of aryl methyl sites for hydroxylation is 2. The van der Waals surface area contributed by atoms with Gasteiger partial charge in [0.25, 0.3) is 6.33 Å². The van der Waals surface area contributed by atoms with Crippen molar-refractivity contribution < 1.29 is 9.30 Å². The highest BCUT2D eigenvalue weighted by Gasteiger charge is 2.45. The largest absolute Gasteiger partial charge is 0.458 e. The van der Waals surface area contributed by atoms with Gasteiger partial charge in [0, 0.05) is 34.4 Å². The summed E-state index contributed by atoms with van der Waals surface area (Å²) in [4.78, 5) is 9.70. The molecule has 304 valence electrons. The van der Waals surface area contributed by atoms with Gasteiger partial charge in [-0.25, -0.2) is 4.98 Å². The Bertz CT molecular complexity index is 3510. The lowest BCUT2D eigenvalue weighted by atomic mass is 9.61. The third-order valence-electron chi connectivity index (χ3n) is 12.5. The van der Waals surface area contributed by atoms with Crippen LogP contribution in [0.3, 0.4) is 0 Å². The maximum atomic E-state index is 6.84. The molecule has 0 saturated carbocycles. The molecule has 1 aliphatic rings. The lowest BCUT2D eigenvalue weighted by molar-refractivity contribution is -0.571. The molecule has 0 amide bonds. The predicted molar refractivity (Wildman–Crippen MR) is 261 cm³/mol. The summed E-state index contributed by atoms with van der Waals surface area (Å²) in [7, 11) is 0. The van der Waals surface area contributed by atoms with Crippen LogP contribution in [0.5, 0.6) is 11.5 Å². The lowest BCUT2D eigenvalue weighted by Gasteiger charge is -2.31. The van der Waals surface area contributed by atoms with Crippen LogP contribution in [0.25, 0.3) is 49.9 Å². The van der Waals surface area contributed by atoms with Crippen LogP contribution < -0.4 is 24.4 Å². The molecule has 7 nitrogen and oxygen atoms in total. The number of rotatable bonds is 8. The smallest absolute Gasteiger partial charge is 0.422 e. The van der Waals surface area contributed by atoms with E-state index >= 15 is 0 Å². The van der Waals surface area contributed by atoms with Crippen LogP contribution in [-0.2, 0) is 0 Å². The highest BCUT2D eigenvalue weighted by Crippen LogP contribution is 2.48. The summed E-state index contributed by atoms with van der Waals surface area (Å²) in [6.07, 6.45) is 5.65. The zero-order valence-corrected chi connectivity index (χ0v) is 35.4. The van der Waals surface area contributed by atoms with Crippen molar-refractivity contribution in [3.05, 3.63) is 230 Å². The number of fused-ring (bicyclic) bond motifs is 5. The molecule has 0 fully saturated rings. The summed E-state index contributed by atoms with van der Waals surface area (Å²) in [5.41, 5.74) is 14.3. The molecular formula is C56H41BN6O. The number of hydrogen-bond donors (Lipinski definition) is 0. The molecule has 1 aliphatic heterocycles. The SMILES string of the molecule is Cc1cccc(C)c1B1N(c2ccccc2)c2ccc(Oc3cccc(-n4[c-][n+](-c5cccc6c7ccccc7n(-c7ccccc7)c56)c5ccccc54)c3)cc2N1c1ccccn1. The van der Waals surface area contributed by atoms with Gasteiger partial charge in [-0.15, -0.1) is 0 Å². The molecule has 4 heterocycles. The highest BCUT2D eigenvalue weighted by atomic mass is 16.5. The number of anilines is 4. The van der Waals surface area contributed by atoms with E-state index in [0.29, 0.717) is 0 Å². The van der Waals surface area contributed by atoms with E-state index in [1.165, 1.54) is 27.4 Å². The number of aromatic nitrogens is 4. The standard InChI is InChI=1S/C56H41BN6O/c1-39-18-15-19-40(2)55(39)57-62(42-22-7-4-8-23-42)51-34-33-45(37-53(51)63(57)54-32-13-14-35-58-54)64-44-25-16-24-43(36-44)59-38-60(50-30-12-11-29-49(50)59)52-31-17-27-47-46-26-9-10-28-48(46)61(56(47)52)41-20-5-3-6-21-41/h3-37H,1-2H3. The molecular weight excluding hydrogens is 783 g/mol. The van der Waals surface area contributed by atoms with E-state index in [1.54, 1.807) is 0 Å². The molecule has 0 bridgehead atoms. The van der Waals surface area contributed by atoms with Gasteiger partial charge in [0.05, 0.1) is 44.8 Å². The van der Waals surface area contributed by atoms with E-state index in [0.717, 1.165) is 73.5 Å². The fourth-order valence-electron chi connectivity index (χ4n) is 9.73. The second kappa shape index (κ2) is 15.2. The van der Waals surface area contributed by atoms with Gasteiger partial charge in [-0.1, -0.05) is 132 Å². The summed E-state index contributed by atoms with van der Waals surface area (Å²) in [5, 5.41) is 2.40. The van der Waals surface area contributed by atoms with Crippen molar-refractivity contribution in [2.45, 2.75) is 13.8 Å². The highest BCUT2D eigenvalue weighted by molar-refractivity contribution is 6.85. The second-order valence-corrected chi connectivity index (χ2v) is 16.3. The summed E-state index contributed by atoms with van der Waals surface area (Å²) >= 11 is 0. The van der Waals surface area contributed by atoms with Crippen molar-refractivity contribution in [1.29, 1.82) is 0 Å². The van der Waals surface area contributed by atoms with Crippen LogP contribution in [0.15, 0.2) is 212 Å². The Labute approximate surface area is 372 Å². The summed E-state index contributed by atoms with van der Waals surface area (Å²) in [6, 6.07) is 72.2. The van der Waals surface area contributed by atoms with Gasteiger partial charge in [-0.3, -0.25) is 9.13 Å². The van der Waals surface area contributed by atoms with E-state index in [9.17, 15) is 0 Å². The fourth-order valence-corrected chi connectivity index (χ4v) is 9.73. The zero-order valence-electron chi connectivity index (χ0n) is 35.4.